The number of aryl methyl sites for hydroxylation is 1. The maximum absolute atomic E-state index is 13.1. The summed E-state index contributed by atoms with van der Waals surface area (Å²) in [5.74, 6) is 2.21. The molecule has 6 rings (SSSR count). The SMILES string of the molecule is Cc1ccccc1NC(=O)Cn1c2c(sc1=O)C(c1ccccc1)C1C3CCC(C3)C1S2. The van der Waals surface area contributed by atoms with Crippen LogP contribution in [-0.4, -0.2) is 15.7 Å². The van der Waals surface area contributed by atoms with Gasteiger partial charge in [-0.2, -0.15) is 0 Å². The summed E-state index contributed by atoms with van der Waals surface area (Å²) >= 11 is 3.24. The molecule has 0 saturated heterocycles. The van der Waals surface area contributed by atoms with Crippen LogP contribution in [0.2, 0.25) is 0 Å². The first-order chi connectivity index (χ1) is 15.6. The molecule has 2 aromatic carbocycles. The quantitative estimate of drug-likeness (QED) is 0.556. The molecule has 1 aromatic heterocycles. The van der Waals surface area contributed by atoms with E-state index in [0.29, 0.717) is 11.2 Å². The van der Waals surface area contributed by atoms with Gasteiger partial charge >= 0.3 is 4.87 Å². The van der Waals surface area contributed by atoms with E-state index in [1.165, 1.54) is 41.0 Å². The van der Waals surface area contributed by atoms with Crippen molar-refractivity contribution < 1.29 is 4.79 Å². The molecule has 2 saturated carbocycles. The molecule has 6 heteroatoms. The number of rotatable bonds is 4. The highest BCUT2D eigenvalue weighted by Gasteiger charge is 2.55. The van der Waals surface area contributed by atoms with Crippen LogP contribution in [0, 0.1) is 24.7 Å². The van der Waals surface area contributed by atoms with Crippen LogP contribution in [0.25, 0.3) is 0 Å². The molecule has 0 radical (unpaired) electrons. The van der Waals surface area contributed by atoms with Crippen molar-refractivity contribution in [1.29, 1.82) is 0 Å². The zero-order valence-corrected chi connectivity index (χ0v) is 19.6. The molecule has 3 aromatic rings. The summed E-state index contributed by atoms with van der Waals surface area (Å²) in [6.07, 6.45) is 3.94. The molecule has 5 atom stereocenters. The van der Waals surface area contributed by atoms with E-state index in [1.807, 2.05) is 43.0 Å². The molecular formula is C26H26N2O2S2. The van der Waals surface area contributed by atoms with E-state index < -0.39 is 0 Å². The molecule has 32 heavy (non-hydrogen) atoms. The molecule has 5 unspecified atom stereocenters. The lowest BCUT2D eigenvalue weighted by Crippen LogP contribution is -2.34. The molecule has 3 aliphatic rings. The fraction of sp³-hybridized carbons (Fsp3) is 0.385. The Bertz CT molecular complexity index is 1230. The van der Waals surface area contributed by atoms with E-state index in [2.05, 4.69) is 35.6 Å². The van der Waals surface area contributed by atoms with Gasteiger partial charge in [0.05, 0.1) is 5.03 Å². The average Bonchev–Trinajstić information content (AvgIpc) is 3.49. The second-order valence-corrected chi connectivity index (χ2v) is 11.5. The minimum absolute atomic E-state index is 0.0179. The van der Waals surface area contributed by atoms with Crippen molar-refractivity contribution >= 4 is 34.7 Å². The monoisotopic (exact) mass is 462 g/mol. The average molecular weight is 463 g/mol. The van der Waals surface area contributed by atoms with Crippen LogP contribution >= 0.6 is 23.1 Å². The Hall–Kier alpha value is -2.31. The number of thioether (sulfide) groups is 1. The number of anilines is 1. The minimum Gasteiger partial charge on any atom is -0.324 e. The molecule has 0 spiro atoms. The van der Waals surface area contributed by atoms with E-state index >= 15 is 0 Å². The Kier molecular flexibility index (Phi) is 5.03. The lowest BCUT2D eigenvalue weighted by molar-refractivity contribution is -0.116. The Morgan fingerprint density at radius 3 is 2.62 bits per heavy atom. The first-order valence-corrected chi connectivity index (χ1v) is 13.1. The number of amides is 1. The number of hydrogen-bond acceptors (Lipinski definition) is 4. The number of carbonyl (C=O) groups is 1. The second kappa shape index (κ2) is 7.92. The Balaban J connectivity index is 1.37. The minimum atomic E-state index is -0.145. The largest absolute Gasteiger partial charge is 0.324 e. The lowest BCUT2D eigenvalue weighted by atomic mass is 9.75. The van der Waals surface area contributed by atoms with E-state index in [4.69, 9.17) is 0 Å². The lowest BCUT2D eigenvalue weighted by Gasteiger charge is -2.40. The van der Waals surface area contributed by atoms with Crippen LogP contribution < -0.4 is 10.2 Å². The Labute approximate surface area is 196 Å². The van der Waals surface area contributed by atoms with Crippen molar-refractivity contribution in [1.82, 2.24) is 4.57 Å². The van der Waals surface area contributed by atoms with Crippen molar-refractivity contribution in [3.05, 3.63) is 80.3 Å². The maximum atomic E-state index is 13.1. The highest BCUT2D eigenvalue weighted by atomic mass is 32.2. The van der Waals surface area contributed by atoms with E-state index in [0.717, 1.165) is 28.1 Å². The molecule has 4 nitrogen and oxygen atoms in total. The number of para-hydroxylation sites is 1. The number of aromatic nitrogens is 1. The predicted molar refractivity (Wildman–Crippen MR) is 131 cm³/mol. The van der Waals surface area contributed by atoms with Crippen molar-refractivity contribution in [3.8, 4) is 0 Å². The number of benzene rings is 2. The first-order valence-electron chi connectivity index (χ1n) is 11.4. The van der Waals surface area contributed by atoms with Gasteiger partial charge in [-0.05, 0) is 61.1 Å². The molecule has 164 valence electrons. The zero-order valence-electron chi connectivity index (χ0n) is 18.0. The van der Waals surface area contributed by atoms with Crippen molar-refractivity contribution in [2.45, 2.75) is 48.9 Å². The third-order valence-electron chi connectivity index (χ3n) is 7.57. The van der Waals surface area contributed by atoms with Crippen molar-refractivity contribution in [2.75, 3.05) is 5.32 Å². The number of fused-ring (bicyclic) bond motifs is 6. The van der Waals surface area contributed by atoms with E-state index in [9.17, 15) is 9.59 Å². The summed E-state index contributed by atoms with van der Waals surface area (Å²) in [7, 11) is 0. The van der Waals surface area contributed by atoms with Crippen LogP contribution in [0.15, 0.2) is 64.4 Å². The molecular weight excluding hydrogens is 436 g/mol. The normalized spacial score (nSPS) is 27.7. The molecule has 1 aliphatic heterocycles. The van der Waals surface area contributed by atoms with Crippen molar-refractivity contribution in [2.24, 2.45) is 17.8 Å². The highest BCUT2D eigenvalue weighted by molar-refractivity contribution is 8.00. The summed E-state index contributed by atoms with van der Waals surface area (Å²) in [5, 5.41) is 4.57. The maximum Gasteiger partial charge on any atom is 0.308 e. The third kappa shape index (κ3) is 3.27. The van der Waals surface area contributed by atoms with Gasteiger partial charge in [0.15, 0.2) is 0 Å². The van der Waals surface area contributed by atoms with E-state index in [1.54, 1.807) is 4.57 Å². The summed E-state index contributed by atoms with van der Waals surface area (Å²) in [6.45, 7) is 2.04. The van der Waals surface area contributed by atoms with Gasteiger partial charge in [0, 0.05) is 21.7 Å². The van der Waals surface area contributed by atoms with Crippen LogP contribution in [0.4, 0.5) is 5.69 Å². The summed E-state index contributed by atoms with van der Waals surface area (Å²) < 4.78 is 1.73. The topological polar surface area (TPSA) is 51.1 Å². The van der Waals surface area contributed by atoms with Crippen LogP contribution in [0.1, 0.15) is 41.2 Å². The van der Waals surface area contributed by atoms with Gasteiger partial charge in [0.25, 0.3) is 0 Å². The van der Waals surface area contributed by atoms with Gasteiger partial charge in [-0.3, -0.25) is 14.2 Å². The molecule has 2 fully saturated rings. The fourth-order valence-corrected chi connectivity index (χ4v) is 9.32. The van der Waals surface area contributed by atoms with Gasteiger partial charge < -0.3 is 5.32 Å². The molecule has 2 bridgehead atoms. The van der Waals surface area contributed by atoms with Gasteiger partial charge in [0.1, 0.15) is 6.54 Å². The summed E-state index contributed by atoms with van der Waals surface area (Å²) in [6, 6.07) is 18.4. The van der Waals surface area contributed by atoms with Gasteiger partial charge in [0.2, 0.25) is 5.91 Å². The van der Waals surface area contributed by atoms with Crippen LogP contribution in [0.3, 0.4) is 0 Å². The molecule has 1 N–H and O–H groups in total. The van der Waals surface area contributed by atoms with Crippen LogP contribution in [0.5, 0.6) is 0 Å². The zero-order chi connectivity index (χ0) is 21.8. The third-order valence-corrected chi connectivity index (χ3v) is 10.4. The molecule has 1 amide bonds. The first kappa shape index (κ1) is 20.3. The van der Waals surface area contributed by atoms with Gasteiger partial charge in [-0.25, -0.2) is 0 Å². The number of thiazole rings is 1. The number of nitrogens with one attached hydrogen (secondary N) is 1. The summed E-state index contributed by atoms with van der Waals surface area (Å²) in [5.41, 5.74) is 3.14. The Morgan fingerprint density at radius 2 is 1.81 bits per heavy atom. The molecule has 2 heterocycles. The van der Waals surface area contributed by atoms with Gasteiger partial charge in [-0.15, -0.1) is 11.8 Å². The van der Waals surface area contributed by atoms with Gasteiger partial charge in [-0.1, -0.05) is 59.9 Å². The van der Waals surface area contributed by atoms with Crippen molar-refractivity contribution in [3.63, 3.8) is 0 Å². The number of hydrogen-bond donors (Lipinski definition) is 1. The molecule has 2 aliphatic carbocycles. The predicted octanol–water partition coefficient (Wildman–Crippen LogP) is 5.51. The number of carbonyl (C=O) groups excluding carboxylic acids is 1. The number of nitrogens with zero attached hydrogens (tertiary/aromatic N) is 1. The fourth-order valence-electron chi connectivity index (χ4n) is 6.17. The smallest absolute Gasteiger partial charge is 0.308 e. The van der Waals surface area contributed by atoms with E-state index in [-0.39, 0.29) is 23.2 Å². The second-order valence-electron chi connectivity index (χ2n) is 9.37. The standard InChI is InChI=1S/C26H26N2O2S2/c1-15-7-5-6-10-19(15)27-20(29)14-28-25-24(32-26(28)30)21(16-8-3-2-4-9-16)22-17-11-12-18(13-17)23(22)31-25/h2-10,17-18,21-23H,11-14H2,1H3,(H,27,29). The summed E-state index contributed by atoms with van der Waals surface area (Å²) in [4.78, 5) is 27.2. The highest BCUT2D eigenvalue weighted by Crippen LogP contribution is 2.63. The van der Waals surface area contributed by atoms with Crippen LogP contribution in [-0.2, 0) is 11.3 Å². The Morgan fingerprint density at radius 1 is 1.06 bits per heavy atom.